The lowest BCUT2D eigenvalue weighted by molar-refractivity contribution is 0.0936. The average Bonchev–Trinajstić information content (AvgIpc) is 3.23. The fraction of sp³-hybridized carbons (Fsp3) is 0.500. The predicted octanol–water partition coefficient (Wildman–Crippen LogP) is 1.77. The maximum atomic E-state index is 12.5. The lowest BCUT2D eigenvalue weighted by Gasteiger charge is -2.38. The number of hydrogen-bond acceptors (Lipinski definition) is 4. The van der Waals surface area contributed by atoms with E-state index in [4.69, 9.17) is 0 Å². The molecule has 0 spiro atoms. The third-order valence-electron chi connectivity index (χ3n) is 5.55. The summed E-state index contributed by atoms with van der Waals surface area (Å²) in [5, 5.41) is 3.14. The second-order valence-electron chi connectivity index (χ2n) is 7.58. The zero-order valence-electron chi connectivity index (χ0n) is 15.6. The van der Waals surface area contributed by atoms with Crippen molar-refractivity contribution in [1.29, 1.82) is 0 Å². The first kappa shape index (κ1) is 17.1. The fourth-order valence-corrected chi connectivity index (χ4v) is 3.92. The molecular formula is C20H27N5O. The minimum atomic E-state index is 0.00453. The highest BCUT2D eigenvalue weighted by molar-refractivity contribution is 5.94. The van der Waals surface area contributed by atoms with Crippen molar-refractivity contribution in [2.75, 3.05) is 31.1 Å². The zero-order valence-corrected chi connectivity index (χ0v) is 15.6. The Bertz CT molecular complexity index is 738. The molecule has 2 aliphatic rings. The van der Waals surface area contributed by atoms with Gasteiger partial charge in [0.1, 0.15) is 0 Å². The molecule has 1 aromatic carbocycles. The van der Waals surface area contributed by atoms with Crippen LogP contribution < -0.4 is 10.2 Å². The Morgan fingerprint density at radius 3 is 2.54 bits per heavy atom. The molecule has 1 fully saturated rings. The number of imidazole rings is 1. The number of nitrogens with zero attached hydrogens (tertiary/aromatic N) is 4. The lowest BCUT2D eigenvalue weighted by Crippen LogP contribution is -2.48. The first-order valence-electron chi connectivity index (χ1n) is 9.49. The van der Waals surface area contributed by atoms with Crippen molar-refractivity contribution in [3.05, 3.63) is 48.0 Å². The number of piperazine rings is 1. The van der Waals surface area contributed by atoms with E-state index < -0.39 is 0 Å². The molecule has 1 N–H and O–H groups in total. The molecule has 0 saturated carbocycles. The Morgan fingerprint density at radius 1 is 1.15 bits per heavy atom. The van der Waals surface area contributed by atoms with Gasteiger partial charge in [0.25, 0.3) is 5.91 Å². The molecule has 1 atom stereocenters. The van der Waals surface area contributed by atoms with Crippen LogP contribution in [0.4, 0.5) is 5.69 Å². The maximum absolute atomic E-state index is 12.5. The first-order valence-corrected chi connectivity index (χ1v) is 9.49. The molecule has 1 aromatic heterocycles. The van der Waals surface area contributed by atoms with Crippen molar-refractivity contribution >= 4 is 11.6 Å². The van der Waals surface area contributed by atoms with Crippen molar-refractivity contribution in [3.8, 4) is 0 Å². The molecule has 2 aromatic rings. The van der Waals surface area contributed by atoms with Crippen LogP contribution in [-0.2, 0) is 13.0 Å². The summed E-state index contributed by atoms with van der Waals surface area (Å²) in [5.74, 6) is 0.00453. The van der Waals surface area contributed by atoms with Crippen molar-refractivity contribution < 1.29 is 4.79 Å². The van der Waals surface area contributed by atoms with Crippen molar-refractivity contribution in [2.24, 2.45) is 0 Å². The van der Waals surface area contributed by atoms with E-state index in [0.717, 1.165) is 44.7 Å². The van der Waals surface area contributed by atoms with E-state index in [2.05, 4.69) is 50.6 Å². The summed E-state index contributed by atoms with van der Waals surface area (Å²) in [6.45, 7) is 9.58. The highest BCUT2D eigenvalue weighted by atomic mass is 16.1. The van der Waals surface area contributed by atoms with E-state index in [1.165, 1.54) is 11.4 Å². The van der Waals surface area contributed by atoms with Gasteiger partial charge in [-0.1, -0.05) is 0 Å². The second-order valence-corrected chi connectivity index (χ2v) is 7.58. The van der Waals surface area contributed by atoms with Crippen LogP contribution in [0.15, 0.2) is 36.8 Å². The summed E-state index contributed by atoms with van der Waals surface area (Å²) in [4.78, 5) is 21.6. The van der Waals surface area contributed by atoms with E-state index in [0.29, 0.717) is 6.04 Å². The molecule has 3 heterocycles. The van der Waals surface area contributed by atoms with Gasteiger partial charge in [-0.2, -0.15) is 0 Å². The first-order chi connectivity index (χ1) is 12.6. The normalized spacial score (nSPS) is 20.4. The Balaban J connectivity index is 1.33. The summed E-state index contributed by atoms with van der Waals surface area (Å²) < 4.78 is 2.10. The van der Waals surface area contributed by atoms with Gasteiger partial charge in [-0.05, 0) is 38.1 Å². The molecule has 6 heteroatoms. The Labute approximate surface area is 154 Å². The summed E-state index contributed by atoms with van der Waals surface area (Å²) in [7, 11) is 0. The summed E-state index contributed by atoms with van der Waals surface area (Å²) in [6.07, 6.45) is 4.55. The third kappa shape index (κ3) is 3.46. The SMILES string of the molecule is CC(C)N1CCN(c2ccc(C(=O)NC3Cc4cncn4C3)cc2)CC1. The number of carbonyl (C=O) groups is 1. The fourth-order valence-electron chi connectivity index (χ4n) is 3.92. The molecular weight excluding hydrogens is 326 g/mol. The Hall–Kier alpha value is -2.34. The molecule has 0 radical (unpaired) electrons. The van der Waals surface area contributed by atoms with Crippen molar-refractivity contribution in [1.82, 2.24) is 19.8 Å². The smallest absolute Gasteiger partial charge is 0.251 e. The van der Waals surface area contributed by atoms with Gasteiger partial charge in [-0.3, -0.25) is 9.69 Å². The molecule has 26 heavy (non-hydrogen) atoms. The van der Waals surface area contributed by atoms with Crippen LogP contribution in [0.1, 0.15) is 29.9 Å². The van der Waals surface area contributed by atoms with E-state index >= 15 is 0 Å². The van der Waals surface area contributed by atoms with Crippen LogP contribution in [-0.4, -0.2) is 58.6 Å². The average molecular weight is 353 g/mol. The Morgan fingerprint density at radius 2 is 1.88 bits per heavy atom. The van der Waals surface area contributed by atoms with Crippen molar-refractivity contribution in [3.63, 3.8) is 0 Å². The molecule has 0 aliphatic carbocycles. The third-order valence-corrected chi connectivity index (χ3v) is 5.55. The van der Waals surface area contributed by atoms with Crippen LogP contribution >= 0.6 is 0 Å². The minimum absolute atomic E-state index is 0.00453. The van der Waals surface area contributed by atoms with Gasteiger partial charge in [-0.25, -0.2) is 4.98 Å². The topological polar surface area (TPSA) is 53.4 Å². The summed E-state index contributed by atoms with van der Waals surface area (Å²) >= 11 is 0. The number of benzene rings is 1. The number of aromatic nitrogens is 2. The summed E-state index contributed by atoms with van der Waals surface area (Å²) in [6, 6.07) is 8.79. The zero-order chi connectivity index (χ0) is 18.1. The number of amides is 1. The number of nitrogens with one attached hydrogen (secondary N) is 1. The predicted molar refractivity (Wildman–Crippen MR) is 103 cm³/mol. The van der Waals surface area contributed by atoms with Crippen LogP contribution in [0.25, 0.3) is 0 Å². The molecule has 6 nitrogen and oxygen atoms in total. The van der Waals surface area contributed by atoms with Gasteiger partial charge in [-0.15, -0.1) is 0 Å². The largest absolute Gasteiger partial charge is 0.369 e. The van der Waals surface area contributed by atoms with Gasteiger partial charge in [0.05, 0.1) is 12.4 Å². The van der Waals surface area contributed by atoms with Gasteiger partial charge < -0.3 is 14.8 Å². The van der Waals surface area contributed by atoms with E-state index in [-0.39, 0.29) is 11.9 Å². The van der Waals surface area contributed by atoms with Gasteiger partial charge in [0.2, 0.25) is 0 Å². The highest BCUT2D eigenvalue weighted by Gasteiger charge is 2.23. The monoisotopic (exact) mass is 353 g/mol. The Kier molecular flexibility index (Phi) is 4.68. The molecule has 2 aliphatic heterocycles. The van der Waals surface area contributed by atoms with Gasteiger partial charge in [0.15, 0.2) is 0 Å². The molecule has 1 amide bonds. The lowest BCUT2D eigenvalue weighted by atomic mass is 10.1. The van der Waals surface area contributed by atoms with E-state index in [1.807, 2.05) is 24.7 Å². The van der Waals surface area contributed by atoms with Gasteiger partial charge in [0, 0.05) is 68.3 Å². The van der Waals surface area contributed by atoms with E-state index in [9.17, 15) is 4.79 Å². The van der Waals surface area contributed by atoms with Crippen LogP contribution in [0.2, 0.25) is 0 Å². The molecule has 4 rings (SSSR count). The quantitative estimate of drug-likeness (QED) is 0.910. The molecule has 138 valence electrons. The number of rotatable bonds is 4. The number of carbonyl (C=O) groups excluding carboxylic acids is 1. The summed E-state index contributed by atoms with van der Waals surface area (Å²) in [5.41, 5.74) is 3.11. The van der Waals surface area contributed by atoms with Gasteiger partial charge >= 0.3 is 0 Å². The van der Waals surface area contributed by atoms with Crippen LogP contribution in [0.5, 0.6) is 0 Å². The number of fused-ring (bicyclic) bond motifs is 1. The molecule has 0 bridgehead atoms. The van der Waals surface area contributed by atoms with Crippen LogP contribution in [0, 0.1) is 0 Å². The van der Waals surface area contributed by atoms with Crippen LogP contribution in [0.3, 0.4) is 0 Å². The molecule has 1 saturated heterocycles. The maximum Gasteiger partial charge on any atom is 0.251 e. The number of hydrogen-bond donors (Lipinski definition) is 1. The molecule has 1 unspecified atom stereocenters. The highest BCUT2D eigenvalue weighted by Crippen LogP contribution is 2.19. The number of anilines is 1. The van der Waals surface area contributed by atoms with E-state index in [1.54, 1.807) is 0 Å². The van der Waals surface area contributed by atoms with Crippen molar-refractivity contribution in [2.45, 2.75) is 38.9 Å². The second kappa shape index (κ2) is 7.11. The standard InChI is InChI=1S/C20H27N5O/c1-15(2)23-7-9-24(10-8-23)18-5-3-16(4-6-18)20(26)22-17-11-19-12-21-14-25(19)13-17/h3-6,12,14-15,17H,7-11,13H2,1-2H3,(H,22,26). The minimum Gasteiger partial charge on any atom is -0.369 e.